The molecule has 4 aliphatic rings. The van der Waals surface area contributed by atoms with Crippen molar-refractivity contribution in [2.45, 2.75) is 112 Å². The second-order valence-corrected chi connectivity index (χ2v) is 71.3. The van der Waals surface area contributed by atoms with Gasteiger partial charge in [0.1, 0.15) is 17.4 Å². The van der Waals surface area contributed by atoms with E-state index in [1.807, 2.05) is 139 Å². The zero-order valence-electron chi connectivity index (χ0n) is 68.9. The number of hydrogen-bond donors (Lipinski definition) is 4. The fourth-order valence-corrected chi connectivity index (χ4v) is 83.0. The van der Waals surface area contributed by atoms with Gasteiger partial charge >= 0.3 is 11.9 Å². The molecule has 2 aliphatic carbocycles. The van der Waals surface area contributed by atoms with Crippen molar-refractivity contribution in [1.29, 1.82) is 5.26 Å². The van der Waals surface area contributed by atoms with Gasteiger partial charge in [0, 0.05) is 379 Å². The van der Waals surface area contributed by atoms with Crippen LogP contribution in [0.4, 0.5) is 22.9 Å². The number of nitrogens with zero attached hydrogens (tertiary/aromatic N) is 4. The molecule has 7 rings (SSSR count). The van der Waals surface area contributed by atoms with Gasteiger partial charge in [-0.25, -0.2) is 14.6 Å². The molecule has 96 heavy (non-hydrogen) atoms. The number of pyridine rings is 1. The molecule has 1 fully saturated rings. The van der Waals surface area contributed by atoms with Gasteiger partial charge in [-0.15, -0.1) is 0 Å². The molecule has 3 aromatic rings. The zero-order chi connectivity index (χ0) is 88.5. The van der Waals surface area contributed by atoms with E-state index in [1.54, 1.807) is 152 Å². The largest absolute Gasteiger partial charge is 0.463 e. The highest BCUT2D eigenvalue weighted by molar-refractivity contribution is 8.80. The number of carbonyl (C=O) groups excluding carboxylic acids is 3. The van der Waals surface area contributed by atoms with Gasteiger partial charge in [0.05, 0.1) is 51.8 Å². The van der Waals surface area contributed by atoms with E-state index >= 15 is 0 Å². The Kier molecular flexibility index (Phi) is 38.1. The van der Waals surface area contributed by atoms with Crippen molar-refractivity contribution in [2.24, 2.45) is 16.6 Å². The molecule has 17 nitrogen and oxygen atoms in total. The number of nitrogens with one attached hydrogen (secondary N) is 2. The number of aromatic nitrogens is 1. The van der Waals surface area contributed by atoms with Crippen LogP contribution in [0.25, 0.3) is 0 Å². The van der Waals surface area contributed by atoms with Crippen LogP contribution in [0.2, 0.25) is 0 Å². The Labute approximate surface area is 678 Å². The highest BCUT2D eigenvalue weighted by atomic mass is 33.5. The normalized spacial score (nSPS) is 16.3. The molecule has 2 unspecified atom stereocenters. The maximum Gasteiger partial charge on any atom is 0.336 e. The number of dihydropyridines is 1. The second kappa shape index (κ2) is 49.4. The number of nitro groups is 2. The lowest BCUT2D eigenvalue weighted by atomic mass is 9.73. The van der Waals surface area contributed by atoms with E-state index in [0.717, 1.165) is 56.2 Å². The lowest BCUT2D eigenvalue weighted by Crippen LogP contribution is -2.32. The van der Waals surface area contributed by atoms with Crippen LogP contribution in [0.3, 0.4) is 0 Å². The van der Waals surface area contributed by atoms with Crippen LogP contribution in [-0.2, 0) is 317 Å². The number of ether oxygens (including phenoxy) is 2. The first-order valence-electron chi connectivity index (χ1n) is 35.6. The number of aryl methyl sites for hydroxylation is 1. The fourth-order valence-electron chi connectivity index (χ4n) is 8.88. The molecule has 0 saturated heterocycles. The number of benzene rings is 2. The van der Waals surface area contributed by atoms with E-state index in [-0.39, 0.29) is 48.4 Å². The molecule has 550 valence electrons. The molecule has 0 bridgehead atoms. The predicted octanol–water partition coefficient (Wildman–Crippen LogP) is 10.8. The number of carbonyl (C=O) groups is 3. The Morgan fingerprint density at radius 3 is 1.35 bits per heavy atom. The van der Waals surface area contributed by atoms with Gasteiger partial charge in [0.25, 0.3) is 11.4 Å². The summed E-state index contributed by atoms with van der Waals surface area (Å²) in [6, 6.07) is 14.1. The van der Waals surface area contributed by atoms with Gasteiger partial charge in [0.2, 0.25) is 0 Å². The van der Waals surface area contributed by atoms with Gasteiger partial charge in [-0.3, -0.25) is 25.0 Å². The average molecular weight is 1920 g/mol. The van der Waals surface area contributed by atoms with Crippen molar-refractivity contribution >= 4 is 321 Å². The number of esters is 2. The summed E-state index contributed by atoms with van der Waals surface area (Å²) in [4.78, 5) is 62.5. The number of rotatable bonds is 8. The summed E-state index contributed by atoms with van der Waals surface area (Å²) in [6.45, 7) is 16.1. The fraction of sp³-hybridized carbons (Fsp3) is 0.438. The Morgan fingerprint density at radius 1 is 0.625 bits per heavy atom. The molecule has 2 aliphatic heterocycles. The summed E-state index contributed by atoms with van der Waals surface area (Å²) in [5.41, 5.74) is 19.0. The minimum Gasteiger partial charge on any atom is -0.463 e. The smallest absolute Gasteiger partial charge is 0.336 e. The van der Waals surface area contributed by atoms with Crippen LogP contribution in [-0.4, -0.2) is 45.8 Å². The van der Waals surface area contributed by atoms with E-state index in [1.165, 1.54) is 48.1 Å². The number of nitrogens with two attached hydrogens (primary N) is 2. The van der Waals surface area contributed by atoms with Crippen molar-refractivity contribution in [3.8, 4) is 6.07 Å². The number of anilines is 2. The Bertz CT molecular complexity index is 5060. The molecule has 1 saturated carbocycles. The summed E-state index contributed by atoms with van der Waals surface area (Å²) >= 11 is 9.58. The Balaban J connectivity index is -0.000000263. The third-order valence-electron chi connectivity index (χ3n) is 12.9. The van der Waals surface area contributed by atoms with Crippen molar-refractivity contribution in [2.75, 3.05) is 24.3 Å². The number of Topliss-reactive ketones (excluding diaryl/α,β-unsaturated/α-hetero) is 1. The topological polar surface area (TPSA) is 269 Å². The highest BCUT2D eigenvalue weighted by Gasteiger charge is 2.40. The van der Waals surface area contributed by atoms with Crippen molar-refractivity contribution in [1.82, 2.24) is 10.3 Å². The zero-order valence-corrected chi connectivity index (χ0v) is 76.2. The van der Waals surface area contributed by atoms with Crippen LogP contribution >= 0.6 is 0 Å². The number of ketones is 1. The quantitative estimate of drug-likeness (QED) is 0.0927. The first-order chi connectivity index (χ1) is 55.0. The first-order valence-corrected chi connectivity index (χ1v) is 66.6. The van der Waals surface area contributed by atoms with E-state index in [0.29, 0.717) is 56.4 Å². The van der Waals surface area contributed by atoms with Crippen molar-refractivity contribution in [3.63, 3.8) is 0 Å². The highest BCUT2D eigenvalue weighted by Crippen LogP contribution is 2.49. The maximum absolute atomic E-state index is 13.0. The molecule has 1 aromatic heterocycles. The molecule has 2 aromatic carbocycles. The number of allylic oxidation sites excluding steroid dienone is 3. The summed E-state index contributed by atoms with van der Waals surface area (Å²) in [7, 11) is 50.9. The van der Waals surface area contributed by atoms with Crippen molar-refractivity contribution < 1.29 is 61.9 Å². The molecular formula is C48H78N8O9S31. The summed E-state index contributed by atoms with van der Waals surface area (Å²) < 4.78 is 100. The minimum atomic E-state index is -0.824. The van der Waals surface area contributed by atoms with E-state index in [4.69, 9.17) is 75.0 Å². The van der Waals surface area contributed by atoms with Crippen molar-refractivity contribution in [3.05, 3.63) is 131 Å². The lowest BCUT2D eigenvalue weighted by Gasteiger charge is -2.36. The van der Waals surface area contributed by atoms with Crippen LogP contribution in [0.15, 0.2) is 82.5 Å². The van der Waals surface area contributed by atoms with Gasteiger partial charge in [-0.05, 0) is 87.3 Å². The molecule has 0 radical (unpaired) electrons. The minimum absolute atomic E-state index is 0. The number of nitro benzene ring substituents is 2. The standard InChI is InChI=1S/C24H28N4O4.C16H16N4O4.C8H14O.S31.10H2/c1-5-32-23(29)18-13(2)26-22-20(19(18)14-7-6-8-15(11-14)28(30)31)21(25)16-12-24(3,4)10-9-17(16)27-22;1-3-24-16(21)13-9(2)19-15(18)12(8-17)14(13)10-5-4-6-11(7-10)20(22)23;1-8(2)5-3-7(9)4-6-8;1-3-5-7-9-11-13-15-17-19-21-23-25-27-29-31-30-28-26-24-22-20-18-16-14-12-10-8-6-4-2;;;;;;;;;;/h6-8,11,19H,5,9-10,12H2,1-4H3,(H3,25,26,27);4-7,14,19H,3,18H2,1-2H3;3-6H2,1-2H3;;10*1H/i;;;;9*1+1D;1+1. The van der Waals surface area contributed by atoms with E-state index in [2.05, 4.69) is 38.3 Å². The van der Waals surface area contributed by atoms with Crippen LogP contribution in [0.5, 0.6) is 0 Å². The van der Waals surface area contributed by atoms with E-state index < -0.39 is 33.6 Å². The molecule has 0 amide bonds. The third-order valence-corrected chi connectivity index (χ3v) is 75.1. The van der Waals surface area contributed by atoms with Crippen LogP contribution in [0.1, 0.15) is 155 Å². The van der Waals surface area contributed by atoms with Gasteiger partial charge in [-0.2, -0.15) is 5.26 Å². The van der Waals surface area contributed by atoms with Gasteiger partial charge < -0.3 is 31.6 Å². The second-order valence-electron chi connectivity index (χ2n) is 20.0. The third kappa shape index (κ3) is 32.0. The van der Waals surface area contributed by atoms with Crippen LogP contribution < -0.4 is 22.1 Å². The first kappa shape index (κ1) is 74.0. The number of nitriles is 1. The predicted molar refractivity (Wildman–Crippen MR) is 494 cm³/mol. The average Bonchev–Trinajstić information content (AvgIpc) is 0.736. The molecule has 2 atom stereocenters. The molecular weight excluding hydrogens is 1830 g/mol. The number of non-ortho nitro benzene ring substituents is 2. The Morgan fingerprint density at radius 2 is 0.990 bits per heavy atom. The maximum atomic E-state index is 13.0. The van der Waals surface area contributed by atoms with Gasteiger partial charge in [-0.1, -0.05) is 52.0 Å². The van der Waals surface area contributed by atoms with E-state index in [9.17, 15) is 39.9 Å². The molecule has 3 heterocycles. The summed E-state index contributed by atoms with van der Waals surface area (Å²) in [5, 5.41) is 38.0. The van der Waals surface area contributed by atoms with Gasteiger partial charge in [0.15, 0.2) is 0 Å². The molecule has 0 spiro atoms. The number of fused-ring (bicyclic) bond motifs is 2. The molecule has 48 heteroatoms. The number of nitrogen functional groups attached to an aromatic ring is 1. The summed E-state index contributed by atoms with van der Waals surface area (Å²) in [6.07, 6.45) is 6.43. The van der Waals surface area contributed by atoms with Crippen LogP contribution in [0, 0.1) is 42.4 Å². The lowest BCUT2D eigenvalue weighted by molar-refractivity contribution is -0.385. The molecule has 6 N–H and O–H groups in total. The summed E-state index contributed by atoms with van der Waals surface area (Å²) in [5.74, 6) is -1.35. The Hall–Kier alpha value is -0.270. The monoisotopic (exact) mass is 1920 g/mol. The number of hydrogen-bond acceptors (Lipinski definition) is 17. The SMILES string of the molecule is CC1(C)CCC(=O)CC1.CCOC(=O)C1=C(C)NC(N)=C(C#N)C1c1cccc([N+](=O)[O-])c1.CCOC(=O)C1=C(C)Nc2nc3c(c(N)c2C1c1cccc([N+](=O)[O-])c1)CC(C)(C)CC3.S=S=S=S=S=S=S=S=S=S=S=S=S=S=S=S=S=S=S=S=S=S=S=S=S=S=S=S=S=S=S.[2HH].[2H][2H].[2H][2H].[2H][2H].[2H][2H].[2H][2H].[2H][2H].[2H][2H].[2H][2H].[2H][2H].